The molecule has 0 aliphatic carbocycles. The molecule has 2 aromatic heterocycles. The standard InChI is InChI=1S/C12H15N3O3S/c1-18-10-3-2-5-15-12(10)13-11(14-15)7-9-4-6-19(16,17)8-9/h2-3,5,9H,4,6-8H2,1H3. The van der Waals surface area contributed by atoms with Crippen molar-refractivity contribution >= 4 is 15.5 Å². The lowest BCUT2D eigenvalue weighted by Gasteiger charge is -2.01. The first-order valence-electron chi connectivity index (χ1n) is 6.16. The molecule has 102 valence electrons. The van der Waals surface area contributed by atoms with Gasteiger partial charge in [0, 0.05) is 12.6 Å². The highest BCUT2D eigenvalue weighted by atomic mass is 32.2. The third kappa shape index (κ3) is 2.42. The van der Waals surface area contributed by atoms with Crippen molar-refractivity contribution in [2.45, 2.75) is 12.8 Å². The maximum Gasteiger partial charge on any atom is 0.198 e. The molecule has 2 aromatic rings. The number of aromatic nitrogens is 3. The van der Waals surface area contributed by atoms with Gasteiger partial charge in [0.25, 0.3) is 0 Å². The summed E-state index contributed by atoms with van der Waals surface area (Å²) in [5, 5.41) is 4.36. The second kappa shape index (κ2) is 4.48. The van der Waals surface area contributed by atoms with Crippen LogP contribution in [0.2, 0.25) is 0 Å². The van der Waals surface area contributed by atoms with E-state index in [1.165, 1.54) is 0 Å². The lowest BCUT2D eigenvalue weighted by atomic mass is 10.1. The molecule has 1 aliphatic heterocycles. The normalized spacial score (nSPS) is 21.8. The Labute approximate surface area is 111 Å². The topological polar surface area (TPSA) is 73.6 Å². The Balaban J connectivity index is 1.86. The second-order valence-electron chi connectivity index (χ2n) is 4.85. The number of ether oxygens (including phenoxy) is 1. The molecule has 0 aromatic carbocycles. The Morgan fingerprint density at radius 1 is 1.53 bits per heavy atom. The number of pyridine rings is 1. The van der Waals surface area contributed by atoms with Crippen LogP contribution in [0.3, 0.4) is 0 Å². The molecule has 0 N–H and O–H groups in total. The van der Waals surface area contributed by atoms with Gasteiger partial charge in [0.1, 0.15) is 0 Å². The summed E-state index contributed by atoms with van der Waals surface area (Å²) in [4.78, 5) is 4.43. The van der Waals surface area contributed by atoms with E-state index in [0.29, 0.717) is 30.1 Å². The van der Waals surface area contributed by atoms with E-state index < -0.39 is 9.84 Å². The molecule has 1 saturated heterocycles. The minimum atomic E-state index is -2.85. The minimum absolute atomic E-state index is 0.133. The lowest BCUT2D eigenvalue weighted by Crippen LogP contribution is -2.08. The minimum Gasteiger partial charge on any atom is -0.493 e. The second-order valence-corrected chi connectivity index (χ2v) is 7.07. The molecule has 1 atom stereocenters. The Kier molecular flexibility index (Phi) is 2.93. The number of rotatable bonds is 3. The average molecular weight is 281 g/mol. The van der Waals surface area contributed by atoms with Crippen LogP contribution in [0.5, 0.6) is 5.75 Å². The lowest BCUT2D eigenvalue weighted by molar-refractivity contribution is 0.416. The van der Waals surface area contributed by atoms with E-state index in [2.05, 4.69) is 10.1 Å². The summed E-state index contributed by atoms with van der Waals surface area (Å²) in [5.41, 5.74) is 0.667. The summed E-state index contributed by atoms with van der Waals surface area (Å²) < 4.78 is 29.8. The number of hydrogen-bond donors (Lipinski definition) is 0. The van der Waals surface area contributed by atoms with Crippen LogP contribution in [0.4, 0.5) is 0 Å². The van der Waals surface area contributed by atoms with Gasteiger partial charge in [0.15, 0.2) is 27.1 Å². The van der Waals surface area contributed by atoms with Crippen molar-refractivity contribution in [3.05, 3.63) is 24.2 Å². The van der Waals surface area contributed by atoms with E-state index in [1.54, 1.807) is 17.8 Å². The predicted molar refractivity (Wildman–Crippen MR) is 70.0 cm³/mol. The first-order chi connectivity index (χ1) is 9.07. The molecule has 1 unspecified atom stereocenters. The molecular weight excluding hydrogens is 266 g/mol. The van der Waals surface area contributed by atoms with Crippen molar-refractivity contribution < 1.29 is 13.2 Å². The maximum absolute atomic E-state index is 11.4. The molecule has 0 bridgehead atoms. The van der Waals surface area contributed by atoms with Crippen molar-refractivity contribution in [3.8, 4) is 5.75 Å². The van der Waals surface area contributed by atoms with Gasteiger partial charge in [0.2, 0.25) is 0 Å². The van der Waals surface area contributed by atoms with E-state index in [9.17, 15) is 8.42 Å². The number of sulfone groups is 1. The summed E-state index contributed by atoms with van der Waals surface area (Å²) in [6.45, 7) is 0. The van der Waals surface area contributed by atoms with Crippen LogP contribution in [0.25, 0.3) is 5.65 Å². The van der Waals surface area contributed by atoms with Gasteiger partial charge in [-0.05, 0) is 24.5 Å². The van der Waals surface area contributed by atoms with Gasteiger partial charge in [-0.1, -0.05) is 0 Å². The monoisotopic (exact) mass is 281 g/mol. The predicted octanol–water partition coefficient (Wildman–Crippen LogP) is 0.715. The summed E-state index contributed by atoms with van der Waals surface area (Å²) in [6.07, 6.45) is 3.11. The SMILES string of the molecule is COc1cccn2nc(CC3CCS(=O)(=O)C3)nc12. The highest BCUT2D eigenvalue weighted by molar-refractivity contribution is 7.91. The van der Waals surface area contributed by atoms with Crippen molar-refractivity contribution in [3.63, 3.8) is 0 Å². The number of hydrogen-bond acceptors (Lipinski definition) is 5. The van der Waals surface area contributed by atoms with Crippen molar-refractivity contribution in [2.75, 3.05) is 18.6 Å². The molecule has 3 heterocycles. The molecule has 1 fully saturated rings. The van der Waals surface area contributed by atoms with E-state index in [0.717, 1.165) is 0 Å². The van der Waals surface area contributed by atoms with Crippen molar-refractivity contribution in [1.29, 1.82) is 0 Å². The van der Waals surface area contributed by atoms with Crippen LogP contribution in [0, 0.1) is 5.92 Å². The average Bonchev–Trinajstić information content (AvgIpc) is 2.91. The fourth-order valence-corrected chi connectivity index (χ4v) is 4.32. The Morgan fingerprint density at radius 3 is 3.05 bits per heavy atom. The highest BCUT2D eigenvalue weighted by Crippen LogP contribution is 2.23. The first kappa shape index (κ1) is 12.4. The quantitative estimate of drug-likeness (QED) is 0.828. The molecule has 7 heteroatoms. The third-order valence-corrected chi connectivity index (χ3v) is 5.23. The zero-order valence-electron chi connectivity index (χ0n) is 10.6. The van der Waals surface area contributed by atoms with E-state index in [1.807, 2.05) is 12.1 Å². The molecule has 1 aliphatic rings. The van der Waals surface area contributed by atoms with E-state index in [4.69, 9.17) is 4.74 Å². The molecule has 0 saturated carbocycles. The van der Waals surface area contributed by atoms with Gasteiger partial charge in [-0.25, -0.2) is 17.9 Å². The smallest absolute Gasteiger partial charge is 0.198 e. The summed E-state index contributed by atoms with van der Waals surface area (Å²) >= 11 is 0. The van der Waals surface area contributed by atoms with E-state index >= 15 is 0 Å². The molecule has 0 spiro atoms. The zero-order valence-corrected chi connectivity index (χ0v) is 11.4. The number of methoxy groups -OCH3 is 1. The van der Waals surface area contributed by atoms with Crippen LogP contribution in [0.15, 0.2) is 18.3 Å². The van der Waals surface area contributed by atoms with Gasteiger partial charge < -0.3 is 4.74 Å². The van der Waals surface area contributed by atoms with Crippen LogP contribution >= 0.6 is 0 Å². The Morgan fingerprint density at radius 2 is 2.37 bits per heavy atom. The van der Waals surface area contributed by atoms with Gasteiger partial charge in [-0.2, -0.15) is 5.10 Å². The largest absolute Gasteiger partial charge is 0.493 e. The fraction of sp³-hybridized carbons (Fsp3) is 0.500. The van der Waals surface area contributed by atoms with Crippen molar-refractivity contribution in [2.24, 2.45) is 5.92 Å². The summed E-state index contributed by atoms with van der Waals surface area (Å²) in [7, 11) is -1.26. The Hall–Kier alpha value is -1.63. The van der Waals surface area contributed by atoms with Crippen LogP contribution < -0.4 is 4.74 Å². The van der Waals surface area contributed by atoms with Crippen LogP contribution in [-0.2, 0) is 16.3 Å². The van der Waals surface area contributed by atoms with E-state index in [-0.39, 0.29) is 17.4 Å². The molecule has 6 nitrogen and oxygen atoms in total. The molecule has 3 rings (SSSR count). The number of nitrogens with zero attached hydrogens (tertiary/aromatic N) is 3. The Bertz CT molecular complexity index is 708. The molecular formula is C12H15N3O3S. The van der Waals surface area contributed by atoms with Gasteiger partial charge in [0.05, 0.1) is 18.6 Å². The van der Waals surface area contributed by atoms with Crippen LogP contribution in [-0.4, -0.2) is 41.6 Å². The first-order valence-corrected chi connectivity index (χ1v) is 7.98. The summed E-state index contributed by atoms with van der Waals surface area (Å²) in [6, 6.07) is 3.66. The number of fused-ring (bicyclic) bond motifs is 1. The van der Waals surface area contributed by atoms with Crippen LogP contribution in [0.1, 0.15) is 12.2 Å². The van der Waals surface area contributed by atoms with Gasteiger partial charge in [-0.3, -0.25) is 0 Å². The van der Waals surface area contributed by atoms with Gasteiger partial charge in [-0.15, -0.1) is 0 Å². The van der Waals surface area contributed by atoms with Gasteiger partial charge >= 0.3 is 0 Å². The fourth-order valence-electron chi connectivity index (χ4n) is 2.46. The van der Waals surface area contributed by atoms with Crippen molar-refractivity contribution in [1.82, 2.24) is 14.6 Å². The highest BCUT2D eigenvalue weighted by Gasteiger charge is 2.29. The molecule has 19 heavy (non-hydrogen) atoms. The third-order valence-electron chi connectivity index (χ3n) is 3.39. The maximum atomic E-state index is 11.4. The molecule has 0 radical (unpaired) electrons. The zero-order chi connectivity index (χ0) is 13.5. The molecule has 0 amide bonds. The summed E-state index contributed by atoms with van der Waals surface area (Å²) in [5.74, 6) is 2.01.